The molecule has 2 aliphatic rings. The first kappa shape index (κ1) is 17.4. The van der Waals surface area contributed by atoms with Gasteiger partial charge in [-0.25, -0.2) is 0 Å². The average Bonchev–Trinajstić information content (AvgIpc) is 2.85. The van der Waals surface area contributed by atoms with Crippen molar-refractivity contribution in [2.75, 3.05) is 26.7 Å². The Kier molecular flexibility index (Phi) is 5.52. The number of likely N-dealkylation sites (N-methyl/N-ethyl adjacent to an activating group) is 1. The van der Waals surface area contributed by atoms with Crippen LogP contribution in [0.15, 0.2) is 41.8 Å². The van der Waals surface area contributed by atoms with Crippen molar-refractivity contribution < 1.29 is 14.4 Å². The van der Waals surface area contributed by atoms with E-state index in [0.29, 0.717) is 25.5 Å². The third kappa shape index (κ3) is 3.62. The van der Waals surface area contributed by atoms with Crippen molar-refractivity contribution >= 4 is 11.5 Å². The van der Waals surface area contributed by atoms with Gasteiger partial charge in [0.15, 0.2) is 17.7 Å². The number of rotatable bonds is 6. The second kappa shape index (κ2) is 7.62. The van der Waals surface area contributed by atoms with Crippen LogP contribution < -0.4 is 15.1 Å². The van der Waals surface area contributed by atoms with Crippen LogP contribution in [0.4, 0.5) is 0 Å². The van der Waals surface area contributed by atoms with E-state index >= 15 is 0 Å². The second-order valence-corrected chi connectivity index (χ2v) is 7.57. The fraction of sp³-hybridized carbons (Fsp3) is 0.500. The zero-order chi connectivity index (χ0) is 17.1. The van der Waals surface area contributed by atoms with Crippen molar-refractivity contribution in [2.45, 2.75) is 25.9 Å². The van der Waals surface area contributed by atoms with Crippen LogP contribution in [0.2, 0.25) is 0 Å². The number of nitrogens with zero attached hydrogens (tertiary/aromatic N) is 2. The fourth-order valence-electron chi connectivity index (χ4n) is 2.92. The number of para-hydroxylation sites is 1. The molecule has 7 nitrogen and oxygen atoms in total. The molecule has 132 valence electrons. The Bertz CT molecular complexity index is 586. The van der Waals surface area contributed by atoms with Gasteiger partial charge in [0.2, 0.25) is 0 Å². The van der Waals surface area contributed by atoms with Gasteiger partial charge >= 0.3 is 0 Å². The Morgan fingerprint density at radius 2 is 2.08 bits per heavy atom. The van der Waals surface area contributed by atoms with E-state index < -0.39 is 11.5 Å². The first-order valence-corrected chi connectivity index (χ1v) is 9.26. The molecule has 3 atom stereocenters. The molecule has 1 aromatic carbocycles. The van der Waals surface area contributed by atoms with Gasteiger partial charge in [-0.15, -0.1) is 8.61 Å². The fourth-order valence-corrected chi connectivity index (χ4v) is 4.14. The van der Waals surface area contributed by atoms with Gasteiger partial charge in [-0.2, -0.15) is 0 Å². The Labute approximate surface area is 145 Å². The van der Waals surface area contributed by atoms with E-state index in [1.807, 2.05) is 37.3 Å². The van der Waals surface area contributed by atoms with Gasteiger partial charge in [-0.1, -0.05) is 18.2 Å². The minimum absolute atomic E-state index is 0.0342. The topological polar surface area (TPSA) is 78.3 Å². The maximum atomic E-state index is 12.5. The number of nitrogens with one attached hydrogen (secondary N) is 2. The standard InChI is InChI=1S/C16H24N4O3S/c1-13-17-15-12-18(2)24(22)19(16(15)20(13)21)10-6-7-11-23-14-8-4-3-5-9-14/h3-5,8-9,13,17,20H,6-7,10-12H2,1-2H3. The number of benzene rings is 1. The minimum Gasteiger partial charge on any atom is -0.626 e. The van der Waals surface area contributed by atoms with Crippen LogP contribution in [-0.2, 0) is 11.5 Å². The summed E-state index contributed by atoms with van der Waals surface area (Å²) in [4.78, 5) is 0. The summed E-state index contributed by atoms with van der Waals surface area (Å²) >= 11 is -1.30. The monoisotopic (exact) mass is 352 g/mol. The molecule has 0 saturated carbocycles. The molecule has 2 aliphatic heterocycles. The number of quaternary nitrogens is 1. The van der Waals surface area contributed by atoms with Crippen LogP contribution in [0, 0.1) is 5.21 Å². The molecule has 0 spiro atoms. The summed E-state index contributed by atoms with van der Waals surface area (Å²) in [6.07, 6.45) is 1.42. The van der Waals surface area contributed by atoms with E-state index in [0.717, 1.165) is 24.3 Å². The summed E-state index contributed by atoms with van der Waals surface area (Å²) in [7, 11) is 1.81. The largest absolute Gasteiger partial charge is 0.626 e. The van der Waals surface area contributed by atoms with E-state index in [-0.39, 0.29) is 11.2 Å². The molecule has 0 aromatic heterocycles. The predicted molar refractivity (Wildman–Crippen MR) is 92.6 cm³/mol. The molecule has 0 amide bonds. The number of hydrogen-bond acceptors (Lipinski definition) is 6. The molecular formula is C16H24N4O3S. The number of hydroxylamine groups is 2. The lowest BCUT2D eigenvalue weighted by Crippen LogP contribution is -3.10. The molecular weight excluding hydrogens is 328 g/mol. The SMILES string of the molecule is CC1NC2=C(N(CCCCOc3ccccc3)[S+]([O-])N(C)C2)[NH+]1[O-]. The van der Waals surface area contributed by atoms with Crippen molar-refractivity contribution in [3.8, 4) is 5.75 Å². The third-order valence-corrected chi connectivity index (χ3v) is 5.56. The zero-order valence-electron chi connectivity index (χ0n) is 14.0. The molecule has 1 aromatic rings. The predicted octanol–water partition coefficient (Wildman–Crippen LogP) is 0.173. The molecule has 24 heavy (non-hydrogen) atoms. The third-order valence-electron chi connectivity index (χ3n) is 4.16. The highest BCUT2D eigenvalue weighted by molar-refractivity contribution is 7.86. The normalized spacial score (nSPS) is 27.2. The molecule has 3 unspecified atom stereocenters. The quantitative estimate of drug-likeness (QED) is 0.432. The molecule has 0 aliphatic carbocycles. The highest BCUT2D eigenvalue weighted by Gasteiger charge is 2.45. The Morgan fingerprint density at radius 3 is 2.83 bits per heavy atom. The molecule has 0 fully saturated rings. The number of unbranched alkanes of at least 4 members (excludes halogenated alkanes) is 1. The van der Waals surface area contributed by atoms with E-state index in [1.165, 1.54) is 0 Å². The lowest BCUT2D eigenvalue weighted by atomic mass is 10.3. The van der Waals surface area contributed by atoms with Gasteiger partial charge in [-0.05, 0) is 25.0 Å². The van der Waals surface area contributed by atoms with Gasteiger partial charge in [0.05, 0.1) is 19.7 Å². The molecule has 0 bridgehead atoms. The van der Waals surface area contributed by atoms with Crippen LogP contribution in [0.5, 0.6) is 5.75 Å². The Hall–Kier alpha value is -1.45. The minimum atomic E-state index is -1.30. The summed E-state index contributed by atoms with van der Waals surface area (Å²) in [5, 5.41) is 15.6. The number of hydrogen-bond donors (Lipinski definition) is 2. The van der Waals surface area contributed by atoms with Crippen molar-refractivity contribution in [1.82, 2.24) is 13.9 Å². The van der Waals surface area contributed by atoms with Crippen LogP contribution in [-0.4, -0.2) is 46.1 Å². The van der Waals surface area contributed by atoms with E-state index in [2.05, 4.69) is 5.32 Å². The molecule has 0 saturated heterocycles. The highest BCUT2D eigenvalue weighted by Crippen LogP contribution is 2.23. The smallest absolute Gasteiger partial charge is 0.268 e. The van der Waals surface area contributed by atoms with Gasteiger partial charge in [0.1, 0.15) is 11.4 Å². The van der Waals surface area contributed by atoms with Crippen molar-refractivity contribution in [3.63, 3.8) is 0 Å². The first-order chi connectivity index (χ1) is 11.6. The zero-order valence-corrected chi connectivity index (χ0v) is 14.8. The van der Waals surface area contributed by atoms with E-state index in [9.17, 15) is 9.76 Å². The summed E-state index contributed by atoms with van der Waals surface area (Å²) in [5.41, 5.74) is 0.884. The van der Waals surface area contributed by atoms with Gasteiger partial charge in [-0.3, -0.25) is 0 Å². The van der Waals surface area contributed by atoms with Crippen LogP contribution in [0.1, 0.15) is 19.8 Å². The highest BCUT2D eigenvalue weighted by atomic mass is 32.2. The van der Waals surface area contributed by atoms with Gasteiger partial charge in [0.25, 0.3) is 5.82 Å². The van der Waals surface area contributed by atoms with Gasteiger partial charge in [0, 0.05) is 14.0 Å². The molecule has 8 heteroatoms. The lowest BCUT2D eigenvalue weighted by molar-refractivity contribution is -0.836. The number of ether oxygens (including phenoxy) is 1. The van der Waals surface area contributed by atoms with Crippen LogP contribution in [0.25, 0.3) is 0 Å². The van der Waals surface area contributed by atoms with Gasteiger partial charge < -0.3 is 24.9 Å². The van der Waals surface area contributed by atoms with Crippen LogP contribution in [0.3, 0.4) is 0 Å². The second-order valence-electron chi connectivity index (χ2n) is 6.04. The average molecular weight is 352 g/mol. The van der Waals surface area contributed by atoms with E-state index in [1.54, 1.807) is 15.7 Å². The molecule has 2 N–H and O–H groups in total. The summed E-state index contributed by atoms with van der Waals surface area (Å²) in [5.74, 6) is 1.45. The summed E-state index contributed by atoms with van der Waals surface area (Å²) in [6, 6.07) is 9.69. The van der Waals surface area contributed by atoms with E-state index in [4.69, 9.17) is 4.74 Å². The maximum absolute atomic E-state index is 12.5. The maximum Gasteiger partial charge on any atom is 0.268 e. The lowest BCUT2D eigenvalue weighted by Gasteiger charge is -2.35. The molecule has 2 heterocycles. The van der Waals surface area contributed by atoms with Crippen molar-refractivity contribution in [3.05, 3.63) is 47.1 Å². The van der Waals surface area contributed by atoms with Crippen molar-refractivity contribution in [1.29, 1.82) is 0 Å². The van der Waals surface area contributed by atoms with Crippen LogP contribution >= 0.6 is 0 Å². The summed E-state index contributed by atoms with van der Waals surface area (Å²) in [6.45, 7) is 3.55. The summed E-state index contributed by atoms with van der Waals surface area (Å²) < 4.78 is 21.7. The first-order valence-electron chi connectivity index (χ1n) is 8.20. The molecule has 0 radical (unpaired) electrons. The van der Waals surface area contributed by atoms with Crippen molar-refractivity contribution in [2.24, 2.45) is 0 Å². The Morgan fingerprint density at radius 1 is 1.33 bits per heavy atom. The Balaban J connectivity index is 1.52. The molecule has 3 rings (SSSR count).